The van der Waals surface area contributed by atoms with Crippen molar-refractivity contribution in [1.82, 2.24) is 4.90 Å². The molecule has 0 spiro atoms. The summed E-state index contributed by atoms with van der Waals surface area (Å²) in [5, 5.41) is 11.5. The van der Waals surface area contributed by atoms with E-state index in [4.69, 9.17) is 0 Å². The zero-order valence-corrected chi connectivity index (χ0v) is 10.9. The first-order valence-corrected chi connectivity index (χ1v) is 7.04. The first-order valence-electron chi connectivity index (χ1n) is 6.16. The molecule has 4 heteroatoms. The molecule has 0 aliphatic carbocycles. The average molecular weight is 253 g/mol. The molecule has 0 radical (unpaired) electrons. The number of thiophene rings is 1. The highest BCUT2D eigenvalue weighted by atomic mass is 32.1. The van der Waals surface area contributed by atoms with E-state index >= 15 is 0 Å². The van der Waals surface area contributed by atoms with Crippen molar-refractivity contribution >= 4 is 17.2 Å². The van der Waals surface area contributed by atoms with Crippen LogP contribution in [-0.2, 0) is 11.2 Å². The van der Waals surface area contributed by atoms with Crippen LogP contribution in [0.3, 0.4) is 0 Å². The minimum Gasteiger partial charge on any atom is -0.393 e. The van der Waals surface area contributed by atoms with Crippen LogP contribution in [0.5, 0.6) is 0 Å². The summed E-state index contributed by atoms with van der Waals surface area (Å²) in [6, 6.07) is 4.10. The van der Waals surface area contributed by atoms with Crippen molar-refractivity contribution in [3.05, 3.63) is 22.4 Å². The second-order valence-corrected chi connectivity index (χ2v) is 5.77. The third kappa shape index (κ3) is 3.30. The quantitative estimate of drug-likeness (QED) is 0.894. The number of hydrogen-bond donors (Lipinski definition) is 1. The largest absolute Gasteiger partial charge is 0.393 e. The van der Waals surface area contributed by atoms with Crippen LogP contribution in [-0.4, -0.2) is 35.1 Å². The summed E-state index contributed by atoms with van der Waals surface area (Å²) in [4.78, 5) is 15.3. The van der Waals surface area contributed by atoms with Crippen molar-refractivity contribution in [3.63, 3.8) is 0 Å². The number of piperidine rings is 1. The topological polar surface area (TPSA) is 40.5 Å². The molecule has 3 nitrogen and oxygen atoms in total. The third-order valence-corrected chi connectivity index (χ3v) is 4.18. The van der Waals surface area contributed by atoms with Crippen LogP contribution in [0.1, 0.15) is 24.6 Å². The summed E-state index contributed by atoms with van der Waals surface area (Å²) in [6.45, 7) is 3.40. The maximum absolute atomic E-state index is 12.2. The number of rotatable bonds is 3. The van der Waals surface area contributed by atoms with Gasteiger partial charge < -0.3 is 10.0 Å². The molecule has 2 rings (SSSR count). The van der Waals surface area contributed by atoms with Crippen molar-refractivity contribution in [2.75, 3.05) is 13.1 Å². The predicted octanol–water partition coefficient (Wildman–Crippen LogP) is 1.91. The molecule has 1 unspecified atom stereocenters. The lowest BCUT2D eigenvalue weighted by Crippen LogP contribution is -2.42. The molecule has 1 saturated heterocycles. The lowest BCUT2D eigenvalue weighted by atomic mass is 10.0. The Balaban J connectivity index is 1.86. The number of aliphatic hydroxyl groups excluding tert-OH is 1. The van der Waals surface area contributed by atoms with Gasteiger partial charge in [-0.3, -0.25) is 4.79 Å². The highest BCUT2D eigenvalue weighted by Crippen LogP contribution is 2.18. The molecule has 0 aromatic carbocycles. The maximum Gasteiger partial charge on any atom is 0.225 e. The van der Waals surface area contributed by atoms with E-state index in [0.717, 1.165) is 19.3 Å². The van der Waals surface area contributed by atoms with Gasteiger partial charge >= 0.3 is 0 Å². The molecule has 17 heavy (non-hydrogen) atoms. The van der Waals surface area contributed by atoms with Crippen LogP contribution in [0.15, 0.2) is 17.5 Å². The molecule has 1 aliphatic rings. The second kappa shape index (κ2) is 5.65. The van der Waals surface area contributed by atoms with E-state index in [9.17, 15) is 9.90 Å². The average Bonchev–Trinajstić information content (AvgIpc) is 2.82. The Morgan fingerprint density at radius 1 is 1.59 bits per heavy atom. The van der Waals surface area contributed by atoms with Crippen molar-refractivity contribution in [3.8, 4) is 0 Å². The number of likely N-dealkylation sites (tertiary alicyclic amines) is 1. The molecule has 1 N–H and O–H groups in total. The van der Waals surface area contributed by atoms with E-state index in [-0.39, 0.29) is 17.9 Å². The Hall–Kier alpha value is -0.870. The number of amides is 1. The van der Waals surface area contributed by atoms with Crippen LogP contribution in [0.25, 0.3) is 0 Å². The number of carbonyl (C=O) groups is 1. The second-order valence-electron chi connectivity index (χ2n) is 4.74. The lowest BCUT2D eigenvalue weighted by Gasteiger charge is -2.31. The summed E-state index contributed by atoms with van der Waals surface area (Å²) < 4.78 is 0. The summed E-state index contributed by atoms with van der Waals surface area (Å²) >= 11 is 1.70. The monoisotopic (exact) mass is 253 g/mol. The zero-order valence-electron chi connectivity index (χ0n) is 10.1. The SMILES string of the molecule is CC(Cc1cccs1)C(=O)N1CCC(O)CC1. The fourth-order valence-electron chi connectivity index (χ4n) is 2.22. The Morgan fingerprint density at radius 3 is 2.88 bits per heavy atom. The van der Waals surface area contributed by atoms with Gasteiger partial charge in [-0.1, -0.05) is 13.0 Å². The standard InChI is InChI=1S/C13H19NO2S/c1-10(9-12-3-2-8-17-12)13(16)14-6-4-11(15)5-7-14/h2-3,8,10-11,15H,4-7,9H2,1H3. The Labute approximate surface area is 106 Å². The van der Waals surface area contributed by atoms with Crippen molar-refractivity contribution in [2.45, 2.75) is 32.3 Å². The maximum atomic E-state index is 12.2. The molecular weight excluding hydrogens is 234 g/mol. The van der Waals surface area contributed by atoms with Crippen LogP contribution in [0.2, 0.25) is 0 Å². The van der Waals surface area contributed by atoms with E-state index < -0.39 is 0 Å². The summed E-state index contributed by atoms with van der Waals surface area (Å²) in [5.74, 6) is 0.272. The van der Waals surface area contributed by atoms with Crippen molar-refractivity contribution < 1.29 is 9.90 Å². The highest BCUT2D eigenvalue weighted by molar-refractivity contribution is 7.09. The lowest BCUT2D eigenvalue weighted by molar-refractivity contribution is -0.136. The van der Waals surface area contributed by atoms with E-state index in [2.05, 4.69) is 6.07 Å². The first-order chi connectivity index (χ1) is 8.16. The molecule has 0 saturated carbocycles. The van der Waals surface area contributed by atoms with E-state index in [1.807, 2.05) is 23.3 Å². The third-order valence-electron chi connectivity index (χ3n) is 3.29. The minimum atomic E-state index is -0.216. The van der Waals surface area contributed by atoms with E-state index in [0.29, 0.717) is 13.1 Å². The molecule has 1 atom stereocenters. The number of hydrogen-bond acceptors (Lipinski definition) is 3. The normalized spacial score (nSPS) is 19.3. The Morgan fingerprint density at radius 2 is 2.29 bits per heavy atom. The fourth-order valence-corrected chi connectivity index (χ4v) is 3.05. The smallest absolute Gasteiger partial charge is 0.225 e. The molecule has 2 heterocycles. The first kappa shape index (κ1) is 12.6. The molecule has 1 aromatic heterocycles. The van der Waals surface area contributed by atoms with Gasteiger partial charge in [0.2, 0.25) is 5.91 Å². The van der Waals surface area contributed by atoms with Gasteiger partial charge in [-0.05, 0) is 30.7 Å². The molecule has 1 fully saturated rings. The summed E-state index contributed by atoms with van der Waals surface area (Å²) in [5.41, 5.74) is 0. The van der Waals surface area contributed by atoms with Crippen LogP contribution < -0.4 is 0 Å². The molecule has 1 aromatic rings. The van der Waals surface area contributed by atoms with Gasteiger partial charge in [0.05, 0.1) is 6.10 Å². The van der Waals surface area contributed by atoms with Gasteiger partial charge in [-0.2, -0.15) is 0 Å². The zero-order chi connectivity index (χ0) is 12.3. The minimum absolute atomic E-state index is 0.0453. The highest BCUT2D eigenvalue weighted by Gasteiger charge is 2.25. The Bertz CT molecular complexity index is 356. The summed E-state index contributed by atoms with van der Waals surface area (Å²) in [7, 11) is 0. The van der Waals surface area contributed by atoms with Gasteiger partial charge in [-0.15, -0.1) is 11.3 Å². The molecule has 0 bridgehead atoms. The van der Waals surface area contributed by atoms with Crippen LogP contribution in [0.4, 0.5) is 0 Å². The molecule has 1 amide bonds. The van der Waals surface area contributed by atoms with Crippen molar-refractivity contribution in [2.24, 2.45) is 5.92 Å². The van der Waals surface area contributed by atoms with Crippen LogP contribution >= 0.6 is 11.3 Å². The van der Waals surface area contributed by atoms with Gasteiger partial charge in [0.25, 0.3) is 0 Å². The van der Waals surface area contributed by atoms with E-state index in [1.54, 1.807) is 11.3 Å². The predicted molar refractivity (Wildman–Crippen MR) is 69.0 cm³/mol. The van der Waals surface area contributed by atoms with Gasteiger partial charge in [-0.25, -0.2) is 0 Å². The summed E-state index contributed by atoms with van der Waals surface area (Å²) in [6.07, 6.45) is 2.05. The van der Waals surface area contributed by atoms with Gasteiger partial charge in [0.15, 0.2) is 0 Å². The Kier molecular flexibility index (Phi) is 4.18. The number of nitrogens with zero attached hydrogens (tertiary/aromatic N) is 1. The van der Waals surface area contributed by atoms with Crippen molar-refractivity contribution in [1.29, 1.82) is 0 Å². The fraction of sp³-hybridized carbons (Fsp3) is 0.615. The number of carbonyl (C=O) groups excluding carboxylic acids is 1. The van der Waals surface area contributed by atoms with Gasteiger partial charge in [0, 0.05) is 23.9 Å². The molecular formula is C13H19NO2S. The molecule has 1 aliphatic heterocycles. The van der Waals surface area contributed by atoms with Crippen LogP contribution in [0, 0.1) is 5.92 Å². The van der Waals surface area contributed by atoms with Gasteiger partial charge in [0.1, 0.15) is 0 Å². The number of aliphatic hydroxyl groups is 1. The van der Waals surface area contributed by atoms with E-state index in [1.165, 1.54) is 4.88 Å². The molecule has 94 valence electrons.